The number of nitrogen functional groups attached to an aromatic ring is 1. The molecule has 0 saturated carbocycles. The maximum Gasteiger partial charge on any atom is 0.259 e. The number of halogens is 2. The lowest BCUT2D eigenvalue weighted by Gasteiger charge is -2.23. The minimum atomic E-state index is -0.342. The van der Waals surface area contributed by atoms with E-state index in [1.54, 1.807) is 17.0 Å². The van der Waals surface area contributed by atoms with E-state index in [4.69, 9.17) is 5.73 Å². The number of carbonyl (C=O) groups excluding carboxylic acids is 1. The van der Waals surface area contributed by atoms with Crippen molar-refractivity contribution in [2.24, 2.45) is 0 Å². The molecular formula is C16H16FIN2O. The van der Waals surface area contributed by atoms with Crippen molar-refractivity contribution in [1.29, 1.82) is 0 Å². The second-order valence-corrected chi connectivity index (χ2v) is 5.83. The van der Waals surface area contributed by atoms with Crippen LogP contribution < -0.4 is 10.6 Å². The Bertz CT molecular complexity index is 643. The Hall–Kier alpha value is -1.63. The molecule has 110 valence electrons. The molecule has 0 atom stereocenters. The van der Waals surface area contributed by atoms with Crippen molar-refractivity contribution in [3.05, 3.63) is 57.4 Å². The highest BCUT2D eigenvalue weighted by Crippen LogP contribution is 2.22. The number of rotatable bonds is 4. The number of hydrogen-bond donors (Lipinski definition) is 1. The quantitative estimate of drug-likeness (QED) is 0.624. The summed E-state index contributed by atoms with van der Waals surface area (Å²) in [6.45, 7) is 2.60. The Morgan fingerprint density at radius 2 is 1.90 bits per heavy atom. The monoisotopic (exact) mass is 398 g/mol. The van der Waals surface area contributed by atoms with Gasteiger partial charge in [0.1, 0.15) is 5.82 Å². The SMILES string of the molecule is CCCN(C(=O)c1ccc(F)cc1I)c1ccc(N)cc1. The first-order valence-corrected chi connectivity index (χ1v) is 7.73. The van der Waals surface area contributed by atoms with Gasteiger partial charge in [0.2, 0.25) is 0 Å². The van der Waals surface area contributed by atoms with Crippen molar-refractivity contribution < 1.29 is 9.18 Å². The molecule has 0 aliphatic carbocycles. The van der Waals surface area contributed by atoms with Gasteiger partial charge in [0.05, 0.1) is 5.56 Å². The Kier molecular flexibility index (Phi) is 5.17. The summed E-state index contributed by atoms with van der Waals surface area (Å²) in [4.78, 5) is 14.4. The molecule has 0 aliphatic heterocycles. The number of nitrogens with zero attached hydrogens (tertiary/aromatic N) is 1. The molecule has 0 heterocycles. The van der Waals surface area contributed by atoms with Crippen LogP contribution in [-0.4, -0.2) is 12.5 Å². The predicted octanol–water partition coefficient (Wildman–Crippen LogP) is 4.07. The Morgan fingerprint density at radius 3 is 2.48 bits per heavy atom. The van der Waals surface area contributed by atoms with E-state index in [2.05, 4.69) is 0 Å². The van der Waals surface area contributed by atoms with Crippen molar-refractivity contribution in [2.45, 2.75) is 13.3 Å². The molecule has 0 aromatic heterocycles. The summed E-state index contributed by atoms with van der Waals surface area (Å²) in [5.74, 6) is -0.475. The summed E-state index contributed by atoms with van der Waals surface area (Å²) in [5, 5.41) is 0. The van der Waals surface area contributed by atoms with Crippen molar-refractivity contribution in [3.8, 4) is 0 Å². The topological polar surface area (TPSA) is 46.3 Å². The Balaban J connectivity index is 2.37. The first-order valence-electron chi connectivity index (χ1n) is 6.65. The Morgan fingerprint density at radius 1 is 1.24 bits per heavy atom. The van der Waals surface area contributed by atoms with E-state index in [1.165, 1.54) is 18.2 Å². The van der Waals surface area contributed by atoms with E-state index in [0.29, 0.717) is 21.4 Å². The summed E-state index contributed by atoms with van der Waals surface area (Å²) in [7, 11) is 0. The average molecular weight is 398 g/mol. The lowest BCUT2D eigenvalue weighted by molar-refractivity contribution is 0.0986. The molecule has 2 aromatic rings. The first kappa shape index (κ1) is 15.8. The van der Waals surface area contributed by atoms with Gasteiger partial charge in [0, 0.05) is 21.5 Å². The molecule has 5 heteroatoms. The molecule has 0 radical (unpaired) electrons. The van der Waals surface area contributed by atoms with Crippen LogP contribution in [0.15, 0.2) is 42.5 Å². The predicted molar refractivity (Wildman–Crippen MR) is 91.9 cm³/mol. The maximum absolute atomic E-state index is 13.2. The minimum Gasteiger partial charge on any atom is -0.399 e. The highest BCUT2D eigenvalue weighted by molar-refractivity contribution is 14.1. The summed E-state index contributed by atoms with van der Waals surface area (Å²) in [5.41, 5.74) is 7.62. The highest BCUT2D eigenvalue weighted by Gasteiger charge is 2.19. The van der Waals surface area contributed by atoms with Crippen LogP contribution in [0, 0.1) is 9.39 Å². The maximum atomic E-state index is 13.2. The third-order valence-corrected chi connectivity index (χ3v) is 3.95. The molecule has 3 nitrogen and oxygen atoms in total. The molecule has 2 N–H and O–H groups in total. The molecule has 2 aromatic carbocycles. The molecule has 0 saturated heterocycles. The third kappa shape index (κ3) is 3.72. The van der Waals surface area contributed by atoms with E-state index in [1.807, 2.05) is 41.6 Å². The molecule has 1 amide bonds. The van der Waals surface area contributed by atoms with Crippen molar-refractivity contribution >= 4 is 39.9 Å². The molecule has 0 spiro atoms. The van der Waals surface area contributed by atoms with E-state index >= 15 is 0 Å². The van der Waals surface area contributed by atoms with E-state index in [-0.39, 0.29) is 11.7 Å². The smallest absolute Gasteiger partial charge is 0.259 e. The van der Waals surface area contributed by atoms with Crippen molar-refractivity contribution in [3.63, 3.8) is 0 Å². The number of amides is 1. The number of nitrogens with two attached hydrogens (primary N) is 1. The van der Waals surface area contributed by atoms with Gasteiger partial charge < -0.3 is 10.6 Å². The zero-order valence-corrected chi connectivity index (χ0v) is 13.8. The Labute approximate surface area is 137 Å². The van der Waals surface area contributed by atoms with Crippen LogP contribution >= 0.6 is 22.6 Å². The van der Waals surface area contributed by atoms with E-state index < -0.39 is 0 Å². The van der Waals surface area contributed by atoms with Crippen LogP contribution in [0.25, 0.3) is 0 Å². The van der Waals surface area contributed by atoms with E-state index in [0.717, 1.165) is 12.1 Å². The highest BCUT2D eigenvalue weighted by atomic mass is 127. The molecule has 0 fully saturated rings. The van der Waals surface area contributed by atoms with Gasteiger partial charge in [-0.2, -0.15) is 0 Å². The largest absolute Gasteiger partial charge is 0.399 e. The van der Waals surface area contributed by atoms with Gasteiger partial charge in [-0.3, -0.25) is 4.79 Å². The van der Waals surface area contributed by atoms with Gasteiger partial charge in [-0.1, -0.05) is 6.92 Å². The third-order valence-electron chi connectivity index (χ3n) is 3.06. The van der Waals surface area contributed by atoms with Gasteiger partial charge >= 0.3 is 0 Å². The van der Waals surface area contributed by atoms with Crippen LogP contribution in [0.3, 0.4) is 0 Å². The van der Waals surface area contributed by atoms with Crippen LogP contribution in [0.1, 0.15) is 23.7 Å². The lowest BCUT2D eigenvalue weighted by atomic mass is 10.1. The summed E-state index contributed by atoms with van der Waals surface area (Å²) >= 11 is 1.98. The minimum absolute atomic E-state index is 0.133. The van der Waals surface area contributed by atoms with Gasteiger partial charge in [-0.05, 0) is 71.5 Å². The fraction of sp³-hybridized carbons (Fsp3) is 0.188. The fourth-order valence-corrected chi connectivity index (χ4v) is 2.74. The van der Waals surface area contributed by atoms with Gasteiger partial charge in [-0.15, -0.1) is 0 Å². The second kappa shape index (κ2) is 6.89. The summed E-state index contributed by atoms with van der Waals surface area (Å²) < 4.78 is 13.8. The summed E-state index contributed by atoms with van der Waals surface area (Å²) in [6, 6.07) is 11.4. The lowest BCUT2D eigenvalue weighted by Crippen LogP contribution is -2.32. The first-order chi connectivity index (χ1) is 10.0. The normalized spacial score (nSPS) is 10.4. The number of anilines is 2. The zero-order valence-electron chi connectivity index (χ0n) is 11.6. The van der Waals surface area contributed by atoms with Crippen LogP contribution in [0.4, 0.5) is 15.8 Å². The van der Waals surface area contributed by atoms with Crippen molar-refractivity contribution in [2.75, 3.05) is 17.2 Å². The number of hydrogen-bond acceptors (Lipinski definition) is 2. The molecule has 2 rings (SSSR count). The van der Waals surface area contributed by atoms with Crippen LogP contribution in [0.2, 0.25) is 0 Å². The van der Waals surface area contributed by atoms with Gasteiger partial charge in [0.25, 0.3) is 5.91 Å². The zero-order chi connectivity index (χ0) is 15.4. The van der Waals surface area contributed by atoms with Crippen LogP contribution in [0.5, 0.6) is 0 Å². The molecule has 0 aliphatic rings. The van der Waals surface area contributed by atoms with Gasteiger partial charge in [0.15, 0.2) is 0 Å². The summed E-state index contributed by atoms with van der Waals surface area (Å²) in [6.07, 6.45) is 0.827. The second-order valence-electron chi connectivity index (χ2n) is 4.67. The molecule has 21 heavy (non-hydrogen) atoms. The van der Waals surface area contributed by atoms with Crippen molar-refractivity contribution in [1.82, 2.24) is 0 Å². The molecular weight excluding hydrogens is 382 g/mol. The average Bonchev–Trinajstić information content (AvgIpc) is 2.45. The molecule has 0 bridgehead atoms. The van der Waals surface area contributed by atoms with E-state index in [9.17, 15) is 9.18 Å². The standard InChI is InChI=1S/C16H16FIN2O/c1-2-9-20(13-6-4-12(19)5-7-13)16(21)14-8-3-11(17)10-15(14)18/h3-8,10H,2,9,19H2,1H3. The number of benzene rings is 2. The number of carbonyl (C=O) groups is 1. The fourth-order valence-electron chi connectivity index (χ4n) is 2.03. The van der Waals surface area contributed by atoms with Gasteiger partial charge in [-0.25, -0.2) is 4.39 Å². The van der Waals surface area contributed by atoms with Crippen LogP contribution in [-0.2, 0) is 0 Å². The molecule has 0 unspecified atom stereocenters.